The number of anilines is 1. The lowest BCUT2D eigenvalue weighted by Gasteiger charge is -2.32. The van der Waals surface area contributed by atoms with E-state index in [1.54, 1.807) is 0 Å². The van der Waals surface area contributed by atoms with Crippen LogP contribution in [0.1, 0.15) is 18.4 Å². The van der Waals surface area contributed by atoms with Gasteiger partial charge in [-0.3, -0.25) is 9.59 Å². The molecule has 1 aliphatic rings. The third-order valence-corrected chi connectivity index (χ3v) is 4.51. The number of halogens is 1. The smallest absolute Gasteiger partial charge is 0.307 e. The molecular weight excluding hydrogens is 313 g/mol. The Morgan fingerprint density at radius 3 is 2.45 bits per heavy atom. The van der Waals surface area contributed by atoms with Crippen molar-refractivity contribution in [3.05, 3.63) is 29.6 Å². The molecule has 2 unspecified atom stereocenters. The van der Waals surface area contributed by atoms with Crippen molar-refractivity contribution in [1.82, 2.24) is 0 Å². The van der Waals surface area contributed by atoms with Crippen molar-refractivity contribution in [3.8, 4) is 0 Å². The molecule has 0 aliphatic heterocycles. The van der Waals surface area contributed by atoms with E-state index in [1.807, 2.05) is 0 Å². The lowest BCUT2D eigenvalue weighted by molar-refractivity contribution is -0.151. The van der Waals surface area contributed by atoms with E-state index in [9.17, 15) is 22.4 Å². The molecule has 1 amide bonds. The van der Waals surface area contributed by atoms with Gasteiger partial charge in [0.15, 0.2) is 9.84 Å². The molecule has 1 fully saturated rings. The van der Waals surface area contributed by atoms with Crippen molar-refractivity contribution in [2.45, 2.75) is 18.6 Å². The molecule has 2 atom stereocenters. The number of benzene rings is 1. The van der Waals surface area contributed by atoms with Crippen LogP contribution in [-0.2, 0) is 25.2 Å². The average Bonchev–Trinajstić information content (AvgIpc) is 2.28. The highest BCUT2D eigenvalue weighted by atomic mass is 32.2. The molecule has 0 bridgehead atoms. The molecule has 8 heteroatoms. The van der Waals surface area contributed by atoms with E-state index in [-0.39, 0.29) is 11.3 Å². The number of amides is 1. The maximum absolute atomic E-state index is 13.3. The SMILES string of the molecule is CS(=O)(=O)Cc1cc(F)ccc1NC(=O)C1CCC1C(=O)O. The standard InChI is InChI=1S/C14H16FNO5S/c1-22(20,21)7-8-6-9(15)2-5-12(8)16-13(17)10-3-4-11(10)14(18)19/h2,5-6,10-11H,3-4,7H2,1H3,(H,16,17)(H,18,19). The van der Waals surface area contributed by atoms with Crippen molar-refractivity contribution < 1.29 is 27.5 Å². The van der Waals surface area contributed by atoms with Crippen molar-refractivity contribution in [2.24, 2.45) is 11.8 Å². The Balaban J connectivity index is 2.19. The molecule has 1 aromatic rings. The summed E-state index contributed by atoms with van der Waals surface area (Å²) in [5.74, 6) is -3.90. The first kappa shape index (κ1) is 16.4. The summed E-state index contributed by atoms with van der Waals surface area (Å²) in [5.41, 5.74) is 0.329. The van der Waals surface area contributed by atoms with Gasteiger partial charge in [-0.15, -0.1) is 0 Å². The molecule has 120 valence electrons. The maximum Gasteiger partial charge on any atom is 0.307 e. The van der Waals surface area contributed by atoms with Gasteiger partial charge in [0.05, 0.1) is 17.6 Å². The Labute approximate surface area is 127 Å². The third kappa shape index (κ3) is 3.82. The minimum absolute atomic E-state index is 0.141. The number of hydrogen-bond acceptors (Lipinski definition) is 4. The number of carboxylic acid groups (broad SMARTS) is 1. The molecule has 1 saturated carbocycles. The zero-order valence-electron chi connectivity index (χ0n) is 11.9. The van der Waals surface area contributed by atoms with Crippen LogP contribution in [0.15, 0.2) is 18.2 Å². The van der Waals surface area contributed by atoms with E-state index in [0.29, 0.717) is 12.8 Å². The molecule has 0 aromatic heterocycles. The summed E-state index contributed by atoms with van der Waals surface area (Å²) in [6, 6.07) is 3.44. The second-order valence-corrected chi connectivity index (χ2v) is 7.63. The minimum atomic E-state index is -3.40. The van der Waals surface area contributed by atoms with Crippen LogP contribution >= 0.6 is 0 Å². The molecule has 6 nitrogen and oxygen atoms in total. The molecule has 22 heavy (non-hydrogen) atoms. The van der Waals surface area contributed by atoms with Crippen LogP contribution < -0.4 is 5.32 Å². The Hall–Kier alpha value is -1.96. The zero-order valence-corrected chi connectivity index (χ0v) is 12.7. The Morgan fingerprint density at radius 2 is 1.95 bits per heavy atom. The van der Waals surface area contributed by atoms with E-state index < -0.39 is 45.1 Å². The second-order valence-electron chi connectivity index (χ2n) is 5.49. The summed E-state index contributed by atoms with van der Waals surface area (Å²) in [6.07, 6.45) is 1.91. The van der Waals surface area contributed by atoms with Crippen molar-refractivity contribution in [2.75, 3.05) is 11.6 Å². The number of sulfone groups is 1. The summed E-state index contributed by atoms with van der Waals surface area (Å²) in [7, 11) is -3.40. The number of hydrogen-bond donors (Lipinski definition) is 2. The van der Waals surface area contributed by atoms with E-state index >= 15 is 0 Å². The first-order valence-electron chi connectivity index (χ1n) is 6.67. The van der Waals surface area contributed by atoms with Gasteiger partial charge in [0.25, 0.3) is 0 Å². The number of carboxylic acids is 1. The monoisotopic (exact) mass is 329 g/mol. The number of nitrogens with one attached hydrogen (secondary N) is 1. The highest BCUT2D eigenvalue weighted by Gasteiger charge is 2.41. The van der Waals surface area contributed by atoms with Crippen molar-refractivity contribution >= 4 is 27.4 Å². The molecule has 0 heterocycles. The number of carbonyl (C=O) groups excluding carboxylic acids is 1. The van der Waals surface area contributed by atoms with E-state index in [1.165, 1.54) is 6.07 Å². The first-order chi connectivity index (χ1) is 10.2. The summed E-state index contributed by atoms with van der Waals surface area (Å²) in [4.78, 5) is 23.0. The number of rotatable bonds is 5. The Bertz CT molecular complexity index is 716. The highest BCUT2D eigenvalue weighted by molar-refractivity contribution is 7.89. The summed E-state index contributed by atoms with van der Waals surface area (Å²) in [6.45, 7) is 0. The molecule has 2 rings (SSSR count). The van der Waals surface area contributed by atoms with E-state index in [0.717, 1.165) is 18.4 Å². The van der Waals surface area contributed by atoms with Crippen LogP contribution in [0.3, 0.4) is 0 Å². The van der Waals surface area contributed by atoms with Crippen LogP contribution in [0.4, 0.5) is 10.1 Å². The fourth-order valence-corrected chi connectivity index (χ4v) is 3.22. The highest BCUT2D eigenvalue weighted by Crippen LogP contribution is 2.35. The van der Waals surface area contributed by atoms with Gasteiger partial charge in [-0.1, -0.05) is 0 Å². The van der Waals surface area contributed by atoms with Crippen LogP contribution in [0, 0.1) is 17.7 Å². The van der Waals surface area contributed by atoms with Crippen LogP contribution in [0.5, 0.6) is 0 Å². The quantitative estimate of drug-likeness (QED) is 0.851. The Kier molecular flexibility index (Phi) is 4.50. The second kappa shape index (κ2) is 6.04. The van der Waals surface area contributed by atoms with Crippen LogP contribution in [0.25, 0.3) is 0 Å². The molecule has 0 radical (unpaired) electrons. The van der Waals surface area contributed by atoms with Crippen LogP contribution in [-0.4, -0.2) is 31.7 Å². The topological polar surface area (TPSA) is 101 Å². The summed E-state index contributed by atoms with van der Waals surface area (Å²) >= 11 is 0. The van der Waals surface area contributed by atoms with Gasteiger partial charge in [-0.2, -0.15) is 0 Å². The average molecular weight is 329 g/mol. The molecular formula is C14H16FNO5S. The lowest BCUT2D eigenvalue weighted by atomic mass is 9.73. The molecule has 0 saturated heterocycles. The lowest BCUT2D eigenvalue weighted by Crippen LogP contribution is -2.41. The first-order valence-corrected chi connectivity index (χ1v) is 8.73. The number of carbonyl (C=O) groups is 2. The van der Waals surface area contributed by atoms with Gasteiger partial charge < -0.3 is 10.4 Å². The van der Waals surface area contributed by atoms with Crippen molar-refractivity contribution in [3.63, 3.8) is 0 Å². The minimum Gasteiger partial charge on any atom is -0.481 e. The third-order valence-electron chi connectivity index (χ3n) is 3.67. The van der Waals surface area contributed by atoms with Crippen molar-refractivity contribution in [1.29, 1.82) is 0 Å². The summed E-state index contributed by atoms with van der Waals surface area (Å²) in [5, 5.41) is 11.5. The zero-order chi connectivity index (χ0) is 16.5. The van der Waals surface area contributed by atoms with Gasteiger partial charge >= 0.3 is 5.97 Å². The predicted molar refractivity (Wildman–Crippen MR) is 77.4 cm³/mol. The summed E-state index contributed by atoms with van der Waals surface area (Å²) < 4.78 is 36.0. The molecule has 1 aliphatic carbocycles. The van der Waals surface area contributed by atoms with Crippen LogP contribution in [0.2, 0.25) is 0 Å². The predicted octanol–water partition coefficient (Wildman–Crippen LogP) is 1.42. The van der Waals surface area contributed by atoms with Gasteiger partial charge in [0.1, 0.15) is 5.82 Å². The van der Waals surface area contributed by atoms with E-state index in [2.05, 4.69) is 5.32 Å². The van der Waals surface area contributed by atoms with Gasteiger partial charge in [-0.05, 0) is 36.6 Å². The van der Waals surface area contributed by atoms with Gasteiger partial charge in [0, 0.05) is 11.9 Å². The van der Waals surface area contributed by atoms with Gasteiger partial charge in [0.2, 0.25) is 5.91 Å². The molecule has 2 N–H and O–H groups in total. The maximum atomic E-state index is 13.3. The fourth-order valence-electron chi connectivity index (χ4n) is 2.42. The molecule has 1 aromatic carbocycles. The molecule has 0 spiro atoms. The number of aliphatic carboxylic acids is 1. The van der Waals surface area contributed by atoms with Gasteiger partial charge in [-0.25, -0.2) is 12.8 Å². The van der Waals surface area contributed by atoms with E-state index in [4.69, 9.17) is 5.11 Å². The fraction of sp³-hybridized carbons (Fsp3) is 0.429. The Morgan fingerprint density at radius 1 is 1.32 bits per heavy atom. The normalized spacial score (nSPS) is 21.0. The largest absolute Gasteiger partial charge is 0.481 e.